The minimum Gasteiger partial charge on any atom is -0.356 e. The number of piperidine rings is 1. The van der Waals surface area contributed by atoms with E-state index in [0.29, 0.717) is 18.8 Å². The van der Waals surface area contributed by atoms with Gasteiger partial charge in [0, 0.05) is 18.8 Å². The lowest BCUT2D eigenvalue weighted by Crippen LogP contribution is -2.42. The van der Waals surface area contributed by atoms with E-state index in [9.17, 15) is 13.2 Å². The predicted molar refractivity (Wildman–Crippen MR) is 64.6 cm³/mol. The zero-order valence-electron chi connectivity index (χ0n) is 10.4. The van der Waals surface area contributed by atoms with Crippen molar-refractivity contribution in [1.29, 1.82) is 0 Å². The van der Waals surface area contributed by atoms with Gasteiger partial charge in [0.1, 0.15) is 5.82 Å². The summed E-state index contributed by atoms with van der Waals surface area (Å²) in [5.41, 5.74) is 0.918. The summed E-state index contributed by atoms with van der Waals surface area (Å²) in [5, 5.41) is 0. The average molecular weight is 258 g/mol. The van der Waals surface area contributed by atoms with E-state index in [1.165, 1.54) is 0 Å². The van der Waals surface area contributed by atoms with Crippen LogP contribution >= 0.6 is 0 Å². The van der Waals surface area contributed by atoms with Crippen LogP contribution < -0.4 is 4.90 Å². The number of pyridine rings is 1. The molecule has 0 amide bonds. The van der Waals surface area contributed by atoms with Crippen molar-refractivity contribution in [2.24, 2.45) is 5.92 Å². The second kappa shape index (κ2) is 5.16. The van der Waals surface area contributed by atoms with Crippen LogP contribution in [0.5, 0.6) is 0 Å². The summed E-state index contributed by atoms with van der Waals surface area (Å²) < 4.78 is 38.2. The number of hydrogen-bond acceptors (Lipinski definition) is 2. The third kappa shape index (κ3) is 2.94. The highest BCUT2D eigenvalue weighted by molar-refractivity contribution is 5.40. The summed E-state index contributed by atoms with van der Waals surface area (Å²) in [5.74, 6) is -0.554. The van der Waals surface area contributed by atoms with Crippen molar-refractivity contribution < 1.29 is 13.2 Å². The SMILES string of the molecule is CCc1cccc(N2CCC[C@H](C(F)(F)F)C2)n1. The van der Waals surface area contributed by atoms with Crippen molar-refractivity contribution in [1.82, 2.24) is 4.98 Å². The fourth-order valence-corrected chi connectivity index (χ4v) is 2.29. The number of rotatable bonds is 2. The highest BCUT2D eigenvalue weighted by Gasteiger charge is 2.41. The Bertz CT molecular complexity index is 403. The number of alkyl halides is 3. The molecule has 2 rings (SSSR count). The van der Waals surface area contributed by atoms with Crippen LogP contribution in [-0.4, -0.2) is 24.2 Å². The number of anilines is 1. The molecule has 1 aromatic rings. The molecule has 1 atom stereocenters. The highest BCUT2D eigenvalue weighted by atomic mass is 19.4. The largest absolute Gasteiger partial charge is 0.393 e. The Labute approximate surface area is 105 Å². The third-order valence-electron chi connectivity index (χ3n) is 3.36. The molecular weight excluding hydrogens is 241 g/mol. The van der Waals surface area contributed by atoms with E-state index in [0.717, 1.165) is 12.1 Å². The molecule has 0 radical (unpaired) electrons. The molecule has 1 saturated heterocycles. The van der Waals surface area contributed by atoms with E-state index in [2.05, 4.69) is 4.98 Å². The van der Waals surface area contributed by atoms with E-state index >= 15 is 0 Å². The van der Waals surface area contributed by atoms with Gasteiger partial charge >= 0.3 is 6.18 Å². The van der Waals surface area contributed by atoms with E-state index < -0.39 is 12.1 Å². The average Bonchev–Trinajstić information content (AvgIpc) is 2.38. The van der Waals surface area contributed by atoms with Gasteiger partial charge < -0.3 is 4.90 Å². The van der Waals surface area contributed by atoms with Crippen LogP contribution in [0.3, 0.4) is 0 Å². The van der Waals surface area contributed by atoms with Gasteiger partial charge in [0.15, 0.2) is 0 Å². The maximum atomic E-state index is 12.7. The van der Waals surface area contributed by atoms with Gasteiger partial charge in [0.05, 0.1) is 5.92 Å². The van der Waals surface area contributed by atoms with Crippen molar-refractivity contribution in [2.75, 3.05) is 18.0 Å². The molecule has 1 aromatic heterocycles. The number of aromatic nitrogens is 1. The topological polar surface area (TPSA) is 16.1 Å². The molecule has 0 aromatic carbocycles. The lowest BCUT2D eigenvalue weighted by molar-refractivity contribution is -0.176. The van der Waals surface area contributed by atoms with Crippen molar-refractivity contribution in [3.05, 3.63) is 23.9 Å². The Hall–Kier alpha value is -1.26. The lowest BCUT2D eigenvalue weighted by Gasteiger charge is -2.34. The molecule has 0 aliphatic carbocycles. The van der Waals surface area contributed by atoms with Crippen molar-refractivity contribution in [3.63, 3.8) is 0 Å². The molecular formula is C13H17F3N2. The van der Waals surface area contributed by atoms with Crippen molar-refractivity contribution in [3.8, 4) is 0 Å². The maximum absolute atomic E-state index is 12.7. The number of nitrogens with zero attached hydrogens (tertiary/aromatic N) is 2. The zero-order chi connectivity index (χ0) is 13.2. The van der Waals surface area contributed by atoms with Gasteiger partial charge in [0.25, 0.3) is 0 Å². The second-order valence-corrected chi connectivity index (χ2v) is 4.67. The van der Waals surface area contributed by atoms with Crippen LogP contribution in [-0.2, 0) is 6.42 Å². The van der Waals surface area contributed by atoms with Crippen LogP contribution in [0.25, 0.3) is 0 Å². The molecule has 5 heteroatoms. The first-order valence-corrected chi connectivity index (χ1v) is 6.28. The fraction of sp³-hybridized carbons (Fsp3) is 0.615. The molecule has 0 bridgehead atoms. The maximum Gasteiger partial charge on any atom is 0.393 e. The van der Waals surface area contributed by atoms with Gasteiger partial charge in [0.2, 0.25) is 0 Å². The Kier molecular flexibility index (Phi) is 3.78. The lowest BCUT2D eigenvalue weighted by atomic mass is 9.97. The number of hydrogen-bond donors (Lipinski definition) is 0. The molecule has 0 N–H and O–H groups in total. The van der Waals surface area contributed by atoms with Crippen LogP contribution in [0.2, 0.25) is 0 Å². The third-order valence-corrected chi connectivity index (χ3v) is 3.36. The first kappa shape index (κ1) is 13.2. The highest BCUT2D eigenvalue weighted by Crippen LogP contribution is 2.34. The molecule has 18 heavy (non-hydrogen) atoms. The van der Waals surface area contributed by atoms with Gasteiger partial charge in [-0.25, -0.2) is 4.98 Å². The summed E-state index contributed by atoms with van der Waals surface area (Å²) in [6.45, 7) is 2.68. The van der Waals surface area contributed by atoms with Crippen LogP contribution in [0, 0.1) is 5.92 Å². The second-order valence-electron chi connectivity index (χ2n) is 4.67. The Balaban J connectivity index is 2.13. The first-order chi connectivity index (χ1) is 8.50. The van der Waals surface area contributed by atoms with Gasteiger partial charge in [-0.15, -0.1) is 0 Å². The van der Waals surface area contributed by atoms with Crippen LogP contribution in [0.15, 0.2) is 18.2 Å². The molecule has 100 valence electrons. The van der Waals surface area contributed by atoms with Crippen LogP contribution in [0.4, 0.5) is 19.0 Å². The Morgan fingerprint density at radius 1 is 1.39 bits per heavy atom. The summed E-state index contributed by atoms with van der Waals surface area (Å²) in [6.07, 6.45) is -2.50. The number of halogens is 3. The molecule has 0 spiro atoms. The summed E-state index contributed by atoms with van der Waals surface area (Å²) in [4.78, 5) is 6.14. The van der Waals surface area contributed by atoms with Gasteiger partial charge in [-0.05, 0) is 31.4 Å². The van der Waals surface area contributed by atoms with Gasteiger partial charge in [-0.2, -0.15) is 13.2 Å². The molecule has 1 aliphatic heterocycles. The normalized spacial score (nSPS) is 21.1. The van der Waals surface area contributed by atoms with E-state index in [1.807, 2.05) is 19.1 Å². The fourth-order valence-electron chi connectivity index (χ4n) is 2.29. The minimum atomic E-state index is -4.10. The van der Waals surface area contributed by atoms with E-state index in [1.54, 1.807) is 11.0 Å². The predicted octanol–water partition coefficient (Wildman–Crippen LogP) is 3.42. The van der Waals surface area contributed by atoms with Gasteiger partial charge in [-0.3, -0.25) is 0 Å². The molecule has 1 fully saturated rings. The zero-order valence-corrected chi connectivity index (χ0v) is 10.4. The summed E-state index contributed by atoms with van der Waals surface area (Å²) in [7, 11) is 0. The quantitative estimate of drug-likeness (QED) is 0.808. The van der Waals surface area contributed by atoms with Crippen molar-refractivity contribution >= 4 is 5.82 Å². The monoisotopic (exact) mass is 258 g/mol. The summed E-state index contributed by atoms with van der Waals surface area (Å²) >= 11 is 0. The molecule has 0 unspecified atom stereocenters. The molecule has 0 saturated carbocycles. The standard InChI is InChI=1S/C13H17F3N2/c1-2-11-6-3-7-12(17-11)18-8-4-5-10(9-18)13(14,15)16/h3,6-7,10H,2,4-5,8-9H2,1H3/t10-/m0/s1. The van der Waals surface area contributed by atoms with Crippen LogP contribution in [0.1, 0.15) is 25.5 Å². The molecule has 2 nitrogen and oxygen atoms in total. The minimum absolute atomic E-state index is 0.0314. The molecule has 2 heterocycles. The Morgan fingerprint density at radius 3 is 2.83 bits per heavy atom. The van der Waals surface area contributed by atoms with Crippen molar-refractivity contribution in [2.45, 2.75) is 32.4 Å². The van der Waals surface area contributed by atoms with Gasteiger partial charge in [-0.1, -0.05) is 13.0 Å². The Morgan fingerprint density at radius 2 is 2.17 bits per heavy atom. The van der Waals surface area contributed by atoms with E-state index in [-0.39, 0.29) is 13.0 Å². The molecule has 1 aliphatic rings. The number of aryl methyl sites for hydroxylation is 1. The summed E-state index contributed by atoms with van der Waals surface area (Å²) in [6, 6.07) is 5.55. The van der Waals surface area contributed by atoms with E-state index in [4.69, 9.17) is 0 Å². The first-order valence-electron chi connectivity index (χ1n) is 6.28. The smallest absolute Gasteiger partial charge is 0.356 e.